The van der Waals surface area contributed by atoms with E-state index in [0.29, 0.717) is 25.6 Å². The van der Waals surface area contributed by atoms with E-state index in [4.69, 9.17) is 4.74 Å². The van der Waals surface area contributed by atoms with Crippen molar-refractivity contribution in [1.82, 2.24) is 15.1 Å². The maximum Gasteiger partial charge on any atom is 0.317 e. The second-order valence-corrected chi connectivity index (χ2v) is 7.84. The molecule has 3 rings (SSSR count). The Balaban J connectivity index is 1.51. The van der Waals surface area contributed by atoms with Crippen molar-refractivity contribution in [3.05, 3.63) is 22.4 Å². The van der Waals surface area contributed by atoms with Crippen LogP contribution < -0.4 is 5.32 Å². The molecular formula is C18H27N3O3S. The average molecular weight is 365 g/mol. The Hall–Kier alpha value is -1.60. The zero-order chi connectivity index (χ0) is 17.8. The van der Waals surface area contributed by atoms with Gasteiger partial charge < -0.3 is 19.9 Å². The highest BCUT2D eigenvalue weighted by Gasteiger charge is 2.30. The molecule has 2 aliphatic rings. The molecule has 0 saturated carbocycles. The van der Waals surface area contributed by atoms with Crippen LogP contribution in [0.3, 0.4) is 0 Å². The number of nitrogens with one attached hydrogen (secondary N) is 1. The van der Waals surface area contributed by atoms with Gasteiger partial charge in [0.15, 0.2) is 0 Å². The van der Waals surface area contributed by atoms with E-state index in [0.717, 1.165) is 31.5 Å². The number of likely N-dealkylation sites (tertiary alicyclic amines) is 1. The lowest BCUT2D eigenvalue weighted by Crippen LogP contribution is -2.51. The quantitative estimate of drug-likeness (QED) is 0.895. The van der Waals surface area contributed by atoms with Crippen molar-refractivity contribution >= 4 is 23.3 Å². The minimum Gasteiger partial charge on any atom is -0.367 e. The van der Waals surface area contributed by atoms with Crippen LogP contribution in [0.2, 0.25) is 0 Å². The summed E-state index contributed by atoms with van der Waals surface area (Å²) in [6.07, 6.45) is 2.03. The Morgan fingerprint density at radius 2 is 2.16 bits per heavy atom. The SMILES string of the molecule is CC(=O)N1CCCC(CNC(=O)N2CC(C)OC(c3ccsc3)C2)C1. The molecule has 1 N–H and O–H groups in total. The molecule has 3 heterocycles. The number of ether oxygens (including phenoxy) is 1. The molecule has 3 atom stereocenters. The fourth-order valence-corrected chi connectivity index (χ4v) is 4.32. The Labute approximate surface area is 153 Å². The molecule has 7 heteroatoms. The molecule has 1 aromatic rings. The van der Waals surface area contributed by atoms with Gasteiger partial charge in [0.05, 0.1) is 12.6 Å². The van der Waals surface area contributed by atoms with Crippen LogP contribution in [0.25, 0.3) is 0 Å². The third kappa shape index (κ3) is 4.73. The van der Waals surface area contributed by atoms with Crippen molar-refractivity contribution in [2.75, 3.05) is 32.7 Å². The molecule has 6 nitrogen and oxygen atoms in total. The first-order chi connectivity index (χ1) is 12.0. The maximum absolute atomic E-state index is 12.6. The number of thiophene rings is 1. The number of rotatable bonds is 3. The first-order valence-corrected chi connectivity index (χ1v) is 9.93. The van der Waals surface area contributed by atoms with Crippen LogP contribution >= 0.6 is 11.3 Å². The highest BCUT2D eigenvalue weighted by Crippen LogP contribution is 2.26. The number of hydrogen-bond acceptors (Lipinski definition) is 4. The second-order valence-electron chi connectivity index (χ2n) is 7.06. The molecule has 25 heavy (non-hydrogen) atoms. The normalized spacial score (nSPS) is 27.2. The van der Waals surface area contributed by atoms with E-state index in [9.17, 15) is 9.59 Å². The lowest BCUT2D eigenvalue weighted by atomic mass is 9.98. The zero-order valence-corrected chi connectivity index (χ0v) is 15.8. The molecule has 138 valence electrons. The largest absolute Gasteiger partial charge is 0.367 e. The summed E-state index contributed by atoms with van der Waals surface area (Å²) in [6.45, 7) is 7.01. The van der Waals surface area contributed by atoms with Gasteiger partial charge in [-0.15, -0.1) is 0 Å². The molecule has 0 aliphatic carbocycles. The molecule has 0 radical (unpaired) electrons. The average Bonchev–Trinajstić information content (AvgIpc) is 3.14. The van der Waals surface area contributed by atoms with Crippen LogP contribution in [-0.2, 0) is 9.53 Å². The van der Waals surface area contributed by atoms with Gasteiger partial charge in [-0.3, -0.25) is 4.79 Å². The van der Waals surface area contributed by atoms with Crippen molar-refractivity contribution in [1.29, 1.82) is 0 Å². The molecule has 0 spiro atoms. The van der Waals surface area contributed by atoms with E-state index in [-0.39, 0.29) is 24.1 Å². The Bertz CT molecular complexity index is 592. The van der Waals surface area contributed by atoms with Crippen molar-refractivity contribution in [3.63, 3.8) is 0 Å². The summed E-state index contributed by atoms with van der Waals surface area (Å²) in [4.78, 5) is 27.9. The van der Waals surface area contributed by atoms with Gasteiger partial charge in [0, 0.05) is 33.1 Å². The van der Waals surface area contributed by atoms with Crippen LogP contribution in [0.5, 0.6) is 0 Å². The van der Waals surface area contributed by atoms with Crippen molar-refractivity contribution < 1.29 is 14.3 Å². The van der Waals surface area contributed by atoms with E-state index >= 15 is 0 Å². The van der Waals surface area contributed by atoms with Crippen LogP contribution in [0.1, 0.15) is 38.4 Å². The summed E-state index contributed by atoms with van der Waals surface area (Å²) in [7, 11) is 0. The molecule has 1 aromatic heterocycles. The summed E-state index contributed by atoms with van der Waals surface area (Å²) in [5, 5.41) is 7.18. The van der Waals surface area contributed by atoms with Crippen molar-refractivity contribution in [2.45, 2.75) is 38.9 Å². The molecular weight excluding hydrogens is 338 g/mol. The summed E-state index contributed by atoms with van der Waals surface area (Å²) in [5.41, 5.74) is 1.14. The van der Waals surface area contributed by atoms with Gasteiger partial charge in [0.25, 0.3) is 0 Å². The van der Waals surface area contributed by atoms with Crippen LogP contribution in [-0.4, -0.2) is 60.6 Å². The molecule has 0 aromatic carbocycles. The van der Waals surface area contributed by atoms with Gasteiger partial charge in [0.1, 0.15) is 6.10 Å². The second kappa shape index (κ2) is 8.19. The number of hydrogen-bond donors (Lipinski definition) is 1. The Morgan fingerprint density at radius 3 is 2.88 bits per heavy atom. The third-order valence-corrected chi connectivity index (χ3v) is 5.67. The number of carbonyl (C=O) groups excluding carboxylic acids is 2. The lowest BCUT2D eigenvalue weighted by molar-refractivity contribution is -0.130. The predicted molar refractivity (Wildman–Crippen MR) is 97.6 cm³/mol. The van der Waals surface area contributed by atoms with E-state index < -0.39 is 0 Å². The standard InChI is InChI=1S/C18H27N3O3S/c1-13-9-21(11-17(24-13)16-5-7-25-12-16)18(23)19-8-15-4-3-6-20(10-15)14(2)22/h5,7,12-13,15,17H,3-4,6,8-11H2,1-2H3,(H,19,23). The molecule has 0 bridgehead atoms. The molecule has 2 aliphatic heterocycles. The lowest BCUT2D eigenvalue weighted by Gasteiger charge is -2.37. The smallest absolute Gasteiger partial charge is 0.317 e. The molecule has 3 amide bonds. The summed E-state index contributed by atoms with van der Waals surface area (Å²) >= 11 is 1.64. The first kappa shape index (κ1) is 18.2. The predicted octanol–water partition coefficient (Wildman–Crippen LogP) is 2.48. The third-order valence-electron chi connectivity index (χ3n) is 4.97. The number of nitrogens with zero attached hydrogens (tertiary/aromatic N) is 2. The number of carbonyl (C=O) groups is 2. The minimum absolute atomic E-state index is 0.0206. The topological polar surface area (TPSA) is 61.9 Å². The summed E-state index contributed by atoms with van der Waals surface area (Å²) < 4.78 is 5.99. The van der Waals surface area contributed by atoms with Gasteiger partial charge in [-0.25, -0.2) is 4.79 Å². The van der Waals surface area contributed by atoms with Crippen molar-refractivity contribution in [3.8, 4) is 0 Å². The number of amides is 3. The number of urea groups is 1. The zero-order valence-electron chi connectivity index (χ0n) is 14.9. The van der Waals surface area contributed by atoms with Gasteiger partial charge in [-0.1, -0.05) is 0 Å². The van der Waals surface area contributed by atoms with Gasteiger partial charge >= 0.3 is 6.03 Å². The highest BCUT2D eigenvalue weighted by molar-refractivity contribution is 7.07. The van der Waals surface area contributed by atoms with Crippen molar-refractivity contribution in [2.24, 2.45) is 5.92 Å². The number of piperidine rings is 1. The molecule has 2 fully saturated rings. The van der Waals surface area contributed by atoms with Gasteiger partial charge in [-0.2, -0.15) is 11.3 Å². The molecule has 2 saturated heterocycles. The fourth-order valence-electron chi connectivity index (χ4n) is 3.62. The number of morpholine rings is 1. The monoisotopic (exact) mass is 365 g/mol. The van der Waals surface area contributed by atoms with Gasteiger partial charge in [-0.05, 0) is 48.1 Å². The minimum atomic E-state index is -0.0522. The Kier molecular flexibility index (Phi) is 5.96. The van der Waals surface area contributed by atoms with E-state index in [2.05, 4.69) is 16.8 Å². The van der Waals surface area contributed by atoms with Crippen LogP contribution in [0, 0.1) is 5.92 Å². The highest BCUT2D eigenvalue weighted by atomic mass is 32.1. The maximum atomic E-state index is 12.6. The van der Waals surface area contributed by atoms with E-state index in [1.807, 2.05) is 22.1 Å². The summed E-state index contributed by atoms with van der Waals surface area (Å²) in [5.74, 6) is 0.462. The first-order valence-electron chi connectivity index (χ1n) is 8.98. The summed E-state index contributed by atoms with van der Waals surface area (Å²) in [6, 6.07) is 2.03. The van der Waals surface area contributed by atoms with E-state index in [1.54, 1.807) is 18.3 Å². The Morgan fingerprint density at radius 1 is 1.32 bits per heavy atom. The van der Waals surface area contributed by atoms with Crippen LogP contribution in [0.15, 0.2) is 16.8 Å². The fraction of sp³-hybridized carbons (Fsp3) is 0.667. The van der Waals surface area contributed by atoms with Gasteiger partial charge in [0.2, 0.25) is 5.91 Å². The van der Waals surface area contributed by atoms with Crippen LogP contribution in [0.4, 0.5) is 4.79 Å². The van der Waals surface area contributed by atoms with E-state index in [1.165, 1.54) is 0 Å². The molecule has 3 unspecified atom stereocenters.